The standard InChI is InChI=1S/C35H57N5O4.CH2O2/c1-7-8-9-10-11-15-25(2)26(3)37-32(42)28-17-14-20-39(23-28)31(41)22-36-34(44)38-30(35(4,5)6)24-40-21-19-27-16-12-13-18-29(27)33(40)43;2-1-3/h12-13,16,18,25-26,28,30H,7-11,14-15,17,19-24H2,1-6H3,(H,37,42)(H2,36,38,44);1H,(H,2,3)/t25?,26?,28-,30?;/m1./s1. The van der Waals surface area contributed by atoms with Crippen LogP contribution in [0.15, 0.2) is 24.3 Å². The molecular weight excluding hydrogens is 598 g/mol. The van der Waals surface area contributed by atoms with Gasteiger partial charge in [0.05, 0.1) is 18.5 Å². The van der Waals surface area contributed by atoms with E-state index in [2.05, 4.69) is 36.7 Å². The first-order chi connectivity index (χ1) is 22.3. The number of urea groups is 1. The van der Waals surface area contributed by atoms with E-state index in [1.165, 1.54) is 32.1 Å². The number of likely N-dealkylation sites (tertiary alicyclic amines) is 1. The summed E-state index contributed by atoms with van der Waals surface area (Å²) in [6, 6.07) is 7.01. The molecule has 2 aliphatic rings. The fourth-order valence-electron chi connectivity index (χ4n) is 6.10. The van der Waals surface area contributed by atoms with Crippen LogP contribution in [0.1, 0.15) is 109 Å². The zero-order valence-electron chi connectivity index (χ0n) is 29.5. The van der Waals surface area contributed by atoms with E-state index < -0.39 is 6.03 Å². The summed E-state index contributed by atoms with van der Waals surface area (Å²) in [4.78, 5) is 64.0. The third-order valence-electron chi connectivity index (χ3n) is 9.47. The molecule has 11 nitrogen and oxygen atoms in total. The summed E-state index contributed by atoms with van der Waals surface area (Å²) < 4.78 is 0. The first-order valence-electron chi connectivity index (χ1n) is 17.4. The number of nitrogens with one attached hydrogen (secondary N) is 3. The van der Waals surface area contributed by atoms with Gasteiger partial charge < -0.3 is 30.9 Å². The number of carboxylic acid groups (broad SMARTS) is 1. The van der Waals surface area contributed by atoms with Crippen molar-refractivity contribution in [3.63, 3.8) is 0 Å². The molecule has 4 N–H and O–H groups in total. The smallest absolute Gasteiger partial charge is 0.315 e. The zero-order valence-corrected chi connectivity index (χ0v) is 29.5. The fraction of sp³-hybridized carbons (Fsp3) is 0.694. The number of nitrogens with zero attached hydrogens (tertiary/aromatic N) is 2. The molecule has 0 aromatic heterocycles. The van der Waals surface area contributed by atoms with E-state index in [1.807, 2.05) is 45.0 Å². The van der Waals surface area contributed by atoms with Gasteiger partial charge in [0, 0.05) is 37.8 Å². The number of rotatable bonds is 14. The van der Waals surface area contributed by atoms with Gasteiger partial charge in [-0.25, -0.2) is 4.79 Å². The van der Waals surface area contributed by atoms with Crippen LogP contribution in [0, 0.1) is 17.3 Å². The molecule has 1 aromatic rings. The van der Waals surface area contributed by atoms with Gasteiger partial charge >= 0.3 is 6.03 Å². The minimum absolute atomic E-state index is 0.0152. The Kier molecular flexibility index (Phi) is 16.7. The maximum atomic E-state index is 13.1. The fourth-order valence-corrected chi connectivity index (χ4v) is 6.10. The number of benzene rings is 1. The molecule has 5 amide bonds. The van der Waals surface area contributed by atoms with Crippen LogP contribution >= 0.6 is 0 Å². The van der Waals surface area contributed by atoms with Gasteiger partial charge in [0.15, 0.2) is 0 Å². The number of amides is 5. The average Bonchev–Trinajstić information content (AvgIpc) is 3.04. The molecule has 0 radical (unpaired) electrons. The number of carbonyl (C=O) groups excluding carboxylic acids is 4. The van der Waals surface area contributed by atoms with E-state index in [4.69, 9.17) is 9.90 Å². The molecule has 0 bridgehead atoms. The van der Waals surface area contributed by atoms with Gasteiger partial charge in [-0.2, -0.15) is 0 Å². The summed E-state index contributed by atoms with van der Waals surface area (Å²) in [6.45, 7) is 14.1. The van der Waals surface area contributed by atoms with Crippen molar-refractivity contribution in [1.29, 1.82) is 0 Å². The highest BCUT2D eigenvalue weighted by molar-refractivity contribution is 5.96. The number of hydrogen-bond acceptors (Lipinski definition) is 5. The van der Waals surface area contributed by atoms with Crippen molar-refractivity contribution < 1.29 is 29.1 Å². The Labute approximate surface area is 281 Å². The van der Waals surface area contributed by atoms with E-state index >= 15 is 0 Å². The molecule has 1 aromatic carbocycles. The predicted molar refractivity (Wildman–Crippen MR) is 184 cm³/mol. The molecule has 4 atom stereocenters. The molecule has 3 unspecified atom stereocenters. The molecule has 1 fully saturated rings. The minimum atomic E-state index is -0.438. The summed E-state index contributed by atoms with van der Waals surface area (Å²) in [5, 5.41) is 15.8. The molecule has 11 heteroatoms. The average molecular weight is 658 g/mol. The number of hydrogen-bond donors (Lipinski definition) is 4. The summed E-state index contributed by atoms with van der Waals surface area (Å²) in [7, 11) is 0. The molecule has 0 spiro atoms. The first kappa shape index (κ1) is 39.5. The lowest BCUT2D eigenvalue weighted by Gasteiger charge is -2.38. The molecule has 0 aliphatic carbocycles. The minimum Gasteiger partial charge on any atom is -0.483 e. The molecule has 2 heterocycles. The van der Waals surface area contributed by atoms with Gasteiger partial charge in [-0.15, -0.1) is 0 Å². The highest BCUT2D eigenvalue weighted by Gasteiger charge is 2.33. The van der Waals surface area contributed by atoms with Crippen molar-refractivity contribution in [3.05, 3.63) is 35.4 Å². The Morgan fingerprint density at radius 2 is 1.72 bits per heavy atom. The lowest BCUT2D eigenvalue weighted by atomic mass is 9.85. The van der Waals surface area contributed by atoms with E-state index in [0.717, 1.165) is 36.8 Å². The van der Waals surface area contributed by atoms with Gasteiger partial charge in [0.2, 0.25) is 11.8 Å². The quantitative estimate of drug-likeness (QED) is 0.166. The highest BCUT2D eigenvalue weighted by Crippen LogP contribution is 2.24. The van der Waals surface area contributed by atoms with E-state index in [-0.39, 0.29) is 54.2 Å². The van der Waals surface area contributed by atoms with Crippen molar-refractivity contribution in [2.24, 2.45) is 17.3 Å². The van der Waals surface area contributed by atoms with Crippen molar-refractivity contribution >= 4 is 30.2 Å². The lowest BCUT2D eigenvalue weighted by molar-refractivity contribution is -0.135. The van der Waals surface area contributed by atoms with Gasteiger partial charge in [-0.1, -0.05) is 84.9 Å². The lowest BCUT2D eigenvalue weighted by Crippen LogP contribution is -2.56. The molecule has 264 valence electrons. The van der Waals surface area contributed by atoms with Crippen LogP contribution in [-0.2, 0) is 20.8 Å². The number of fused-ring (bicyclic) bond motifs is 1. The van der Waals surface area contributed by atoms with Crippen LogP contribution in [0.4, 0.5) is 4.79 Å². The highest BCUT2D eigenvalue weighted by atomic mass is 16.3. The van der Waals surface area contributed by atoms with Crippen LogP contribution in [0.2, 0.25) is 0 Å². The van der Waals surface area contributed by atoms with Gasteiger partial charge in [-0.3, -0.25) is 19.2 Å². The van der Waals surface area contributed by atoms with Crippen LogP contribution in [-0.4, -0.2) is 89.9 Å². The summed E-state index contributed by atoms with van der Waals surface area (Å²) >= 11 is 0. The third-order valence-corrected chi connectivity index (χ3v) is 9.47. The van der Waals surface area contributed by atoms with E-state index in [1.54, 1.807) is 9.80 Å². The van der Waals surface area contributed by atoms with E-state index in [9.17, 15) is 19.2 Å². The topological polar surface area (TPSA) is 148 Å². The monoisotopic (exact) mass is 657 g/mol. The molecule has 47 heavy (non-hydrogen) atoms. The van der Waals surface area contributed by atoms with Crippen LogP contribution < -0.4 is 16.0 Å². The number of piperidine rings is 1. The second-order valence-corrected chi connectivity index (χ2v) is 14.2. The normalized spacial score (nSPS) is 18.1. The Morgan fingerprint density at radius 3 is 2.40 bits per heavy atom. The van der Waals surface area contributed by atoms with Crippen LogP contribution in [0.5, 0.6) is 0 Å². The van der Waals surface area contributed by atoms with Gasteiger partial charge in [0.1, 0.15) is 0 Å². The molecule has 2 aliphatic heterocycles. The zero-order chi connectivity index (χ0) is 35.0. The summed E-state index contributed by atoms with van der Waals surface area (Å²) in [5.74, 6) is -0.0280. The first-order valence-corrected chi connectivity index (χ1v) is 17.4. The Bertz CT molecular complexity index is 1170. The SMILES string of the molecule is CCCCCCCC(C)C(C)NC(=O)[C@@H]1CCCN(C(=O)CNC(=O)NC(CN2CCc3ccccc3C2=O)C(C)(C)C)C1.O=CO. The number of unbranched alkanes of at least 4 members (excludes halogenated alkanes) is 4. The van der Waals surface area contributed by atoms with Crippen molar-refractivity contribution in [2.45, 2.75) is 111 Å². The van der Waals surface area contributed by atoms with Crippen molar-refractivity contribution in [2.75, 3.05) is 32.7 Å². The molecule has 1 saturated heterocycles. The Hall–Kier alpha value is -3.63. The van der Waals surface area contributed by atoms with Crippen LogP contribution in [0.25, 0.3) is 0 Å². The van der Waals surface area contributed by atoms with Gasteiger partial charge in [-0.05, 0) is 55.6 Å². The molecule has 3 rings (SSSR count). The maximum absolute atomic E-state index is 13.1. The van der Waals surface area contributed by atoms with Crippen LogP contribution in [0.3, 0.4) is 0 Å². The second kappa shape index (κ2) is 19.9. The predicted octanol–water partition coefficient (Wildman–Crippen LogP) is 4.84. The van der Waals surface area contributed by atoms with Crippen molar-refractivity contribution in [3.8, 4) is 0 Å². The van der Waals surface area contributed by atoms with Gasteiger partial charge in [0.25, 0.3) is 12.4 Å². The Balaban J connectivity index is 0.00000246. The second-order valence-electron chi connectivity index (χ2n) is 14.2. The molecule has 0 saturated carbocycles. The summed E-state index contributed by atoms with van der Waals surface area (Å²) in [5.41, 5.74) is 1.46. The summed E-state index contributed by atoms with van der Waals surface area (Å²) in [6.07, 6.45) is 9.64. The van der Waals surface area contributed by atoms with Crippen molar-refractivity contribution in [1.82, 2.24) is 25.8 Å². The number of carbonyl (C=O) groups is 5. The maximum Gasteiger partial charge on any atom is 0.315 e. The third kappa shape index (κ3) is 13.2. The van der Waals surface area contributed by atoms with E-state index in [0.29, 0.717) is 32.1 Å². The largest absolute Gasteiger partial charge is 0.483 e. The Morgan fingerprint density at radius 1 is 1.04 bits per heavy atom. The molecular formula is C36H59N5O6.